The molecule has 0 aromatic heterocycles. The molecule has 82 valence electrons. The van der Waals surface area contributed by atoms with E-state index < -0.39 is 0 Å². The second-order valence-corrected chi connectivity index (χ2v) is 4.61. The van der Waals surface area contributed by atoms with Gasteiger partial charge in [-0.2, -0.15) is 5.26 Å². The number of nitriles is 1. The zero-order valence-corrected chi connectivity index (χ0v) is 8.96. The van der Waals surface area contributed by atoms with Crippen LogP contribution in [-0.2, 0) is 0 Å². The largest absolute Gasteiger partial charge is 0.384 e. The van der Waals surface area contributed by atoms with Crippen LogP contribution in [0.1, 0.15) is 33.8 Å². The van der Waals surface area contributed by atoms with Crippen LogP contribution in [0.15, 0.2) is 24.3 Å². The first-order valence-corrected chi connectivity index (χ1v) is 4.75. The fraction of sp³-hybridized carbons (Fsp3) is 0.462. The van der Waals surface area contributed by atoms with Crippen molar-refractivity contribution in [3.05, 3.63) is 29.8 Å². The van der Waals surface area contributed by atoms with E-state index in [-0.39, 0.29) is 12.8 Å². The molecule has 1 rings (SSSR count). The zero-order chi connectivity index (χ0) is 10.6. The lowest BCUT2D eigenvalue weighted by Crippen LogP contribution is -2.18. The molecule has 2 heteroatoms. The zero-order valence-electron chi connectivity index (χ0n) is 8.96. The third-order valence-corrected chi connectivity index (χ3v) is 1.81. The van der Waals surface area contributed by atoms with Gasteiger partial charge in [0.1, 0.15) is 0 Å². The molecule has 0 unspecified atom stereocenters. The Bertz CT molecular complexity index is 342. The number of rotatable bonds is 2. The van der Waals surface area contributed by atoms with Crippen LogP contribution in [0.25, 0.3) is 0 Å². The molecular formula is C13H20N2. The van der Waals surface area contributed by atoms with Gasteiger partial charge in [-0.3, -0.25) is 0 Å². The predicted molar refractivity (Wildman–Crippen MR) is 65.8 cm³/mol. The number of hydrogen-bond acceptors (Lipinski definition) is 2. The molecule has 15 heavy (non-hydrogen) atoms. The van der Waals surface area contributed by atoms with Crippen molar-refractivity contribution in [3.8, 4) is 6.07 Å². The molecule has 0 atom stereocenters. The van der Waals surface area contributed by atoms with Crippen LogP contribution in [0.4, 0.5) is 5.69 Å². The van der Waals surface area contributed by atoms with Crippen molar-refractivity contribution < 1.29 is 0 Å². The van der Waals surface area contributed by atoms with Crippen molar-refractivity contribution in [1.29, 1.82) is 5.26 Å². The van der Waals surface area contributed by atoms with Gasteiger partial charge in [-0.15, -0.1) is 0 Å². The Morgan fingerprint density at radius 2 is 2.00 bits per heavy atom. The summed E-state index contributed by atoms with van der Waals surface area (Å²) in [6, 6.07) is 9.67. The normalized spacial score (nSPS) is 10.0. The van der Waals surface area contributed by atoms with E-state index in [2.05, 4.69) is 32.2 Å². The summed E-state index contributed by atoms with van der Waals surface area (Å²) in [5.74, 6) is 0. The highest BCUT2D eigenvalue weighted by Crippen LogP contribution is 2.16. The van der Waals surface area contributed by atoms with Gasteiger partial charge in [0.05, 0.1) is 11.6 Å². The SMILES string of the molecule is C.CC(C)(C)CNc1cccc(C#N)c1. The molecule has 1 aromatic rings. The van der Waals surface area contributed by atoms with Crippen molar-refractivity contribution in [3.63, 3.8) is 0 Å². The van der Waals surface area contributed by atoms with Gasteiger partial charge in [0.15, 0.2) is 0 Å². The number of anilines is 1. The summed E-state index contributed by atoms with van der Waals surface area (Å²) in [5, 5.41) is 12.0. The lowest BCUT2D eigenvalue weighted by Gasteiger charge is -2.19. The van der Waals surface area contributed by atoms with Crippen molar-refractivity contribution in [1.82, 2.24) is 0 Å². The standard InChI is InChI=1S/C12H16N2.CH4/c1-12(2,3)9-14-11-6-4-5-10(7-11)8-13;/h4-7,14H,9H2,1-3H3;1H4. The summed E-state index contributed by atoms with van der Waals surface area (Å²) in [5.41, 5.74) is 1.96. The van der Waals surface area contributed by atoms with Crippen LogP contribution >= 0.6 is 0 Å². The van der Waals surface area contributed by atoms with E-state index in [9.17, 15) is 0 Å². The molecule has 0 bridgehead atoms. The van der Waals surface area contributed by atoms with Crippen molar-refractivity contribution >= 4 is 5.69 Å². The van der Waals surface area contributed by atoms with Crippen LogP contribution < -0.4 is 5.32 Å². The molecule has 0 saturated carbocycles. The topological polar surface area (TPSA) is 35.8 Å². The summed E-state index contributed by atoms with van der Waals surface area (Å²) in [6.45, 7) is 7.43. The molecule has 0 aliphatic rings. The molecule has 0 fully saturated rings. The minimum Gasteiger partial charge on any atom is -0.384 e. The smallest absolute Gasteiger partial charge is 0.0992 e. The lowest BCUT2D eigenvalue weighted by molar-refractivity contribution is 0.443. The number of benzene rings is 1. The van der Waals surface area contributed by atoms with Crippen LogP contribution in [0.3, 0.4) is 0 Å². The van der Waals surface area contributed by atoms with Gasteiger partial charge in [0, 0.05) is 12.2 Å². The van der Waals surface area contributed by atoms with Gasteiger partial charge in [0.2, 0.25) is 0 Å². The molecule has 0 aliphatic heterocycles. The fourth-order valence-corrected chi connectivity index (χ4v) is 1.07. The summed E-state index contributed by atoms with van der Waals surface area (Å²) in [7, 11) is 0. The Labute approximate surface area is 92.9 Å². The Hall–Kier alpha value is -1.49. The third kappa shape index (κ3) is 5.07. The van der Waals surface area contributed by atoms with E-state index in [1.54, 1.807) is 0 Å². The highest BCUT2D eigenvalue weighted by Gasteiger charge is 2.09. The summed E-state index contributed by atoms with van der Waals surface area (Å²) in [6.07, 6.45) is 0. The van der Waals surface area contributed by atoms with Crippen molar-refractivity contribution in [2.24, 2.45) is 5.41 Å². The van der Waals surface area contributed by atoms with Crippen molar-refractivity contribution in [2.45, 2.75) is 28.2 Å². The maximum absolute atomic E-state index is 8.71. The van der Waals surface area contributed by atoms with E-state index >= 15 is 0 Å². The van der Waals surface area contributed by atoms with Gasteiger partial charge in [-0.25, -0.2) is 0 Å². The molecule has 0 aliphatic carbocycles. The second-order valence-electron chi connectivity index (χ2n) is 4.61. The van der Waals surface area contributed by atoms with Crippen LogP contribution in [-0.4, -0.2) is 6.54 Å². The van der Waals surface area contributed by atoms with Gasteiger partial charge < -0.3 is 5.32 Å². The van der Waals surface area contributed by atoms with E-state index in [1.165, 1.54) is 0 Å². The number of nitrogens with zero attached hydrogens (tertiary/aromatic N) is 1. The number of nitrogens with one attached hydrogen (secondary N) is 1. The monoisotopic (exact) mass is 204 g/mol. The van der Waals surface area contributed by atoms with E-state index in [0.717, 1.165) is 12.2 Å². The Morgan fingerprint density at radius 3 is 2.53 bits per heavy atom. The average molecular weight is 204 g/mol. The molecule has 0 amide bonds. The quantitative estimate of drug-likeness (QED) is 0.798. The predicted octanol–water partition coefficient (Wildman–Crippen LogP) is 3.65. The summed E-state index contributed by atoms with van der Waals surface area (Å²) in [4.78, 5) is 0. The molecule has 1 aromatic carbocycles. The Morgan fingerprint density at radius 1 is 1.33 bits per heavy atom. The summed E-state index contributed by atoms with van der Waals surface area (Å²) < 4.78 is 0. The molecule has 2 nitrogen and oxygen atoms in total. The van der Waals surface area contributed by atoms with Crippen LogP contribution in [0.5, 0.6) is 0 Å². The second kappa shape index (κ2) is 5.41. The maximum atomic E-state index is 8.71. The molecule has 1 N–H and O–H groups in total. The molecule has 0 saturated heterocycles. The first-order valence-electron chi connectivity index (χ1n) is 4.75. The summed E-state index contributed by atoms with van der Waals surface area (Å²) >= 11 is 0. The van der Waals surface area contributed by atoms with Gasteiger partial charge >= 0.3 is 0 Å². The molecule has 0 heterocycles. The highest BCUT2D eigenvalue weighted by molar-refractivity contribution is 5.49. The minimum absolute atomic E-state index is 0. The number of hydrogen-bond donors (Lipinski definition) is 1. The van der Waals surface area contributed by atoms with Crippen LogP contribution in [0, 0.1) is 16.7 Å². The maximum Gasteiger partial charge on any atom is 0.0992 e. The molecule has 0 spiro atoms. The molecule has 0 radical (unpaired) electrons. The van der Waals surface area contributed by atoms with E-state index in [0.29, 0.717) is 5.56 Å². The highest BCUT2D eigenvalue weighted by atomic mass is 14.9. The first-order chi connectivity index (χ1) is 6.51. The van der Waals surface area contributed by atoms with E-state index in [1.807, 2.05) is 24.3 Å². The first kappa shape index (κ1) is 13.5. The lowest BCUT2D eigenvalue weighted by atomic mass is 9.97. The van der Waals surface area contributed by atoms with Gasteiger partial charge in [-0.1, -0.05) is 34.3 Å². The average Bonchev–Trinajstić information content (AvgIpc) is 2.14. The van der Waals surface area contributed by atoms with Crippen molar-refractivity contribution in [2.75, 3.05) is 11.9 Å². The van der Waals surface area contributed by atoms with E-state index in [4.69, 9.17) is 5.26 Å². The third-order valence-electron chi connectivity index (χ3n) is 1.81. The minimum atomic E-state index is 0. The van der Waals surface area contributed by atoms with Crippen LogP contribution in [0.2, 0.25) is 0 Å². The van der Waals surface area contributed by atoms with Gasteiger partial charge in [-0.05, 0) is 23.6 Å². The fourth-order valence-electron chi connectivity index (χ4n) is 1.07. The van der Waals surface area contributed by atoms with Gasteiger partial charge in [0.25, 0.3) is 0 Å². The molecular weight excluding hydrogens is 184 g/mol. The Balaban J connectivity index is 0.00000196. The Kier molecular flexibility index (Phi) is 4.87.